The minimum absolute atomic E-state index is 0.126. The lowest BCUT2D eigenvalue weighted by molar-refractivity contribution is 0.575. The average Bonchev–Trinajstić information content (AvgIpc) is 2.38. The first kappa shape index (κ1) is 14.7. The molecule has 1 N–H and O–H groups in total. The van der Waals surface area contributed by atoms with Gasteiger partial charge in [-0.25, -0.2) is 0 Å². The molecule has 0 radical (unpaired) electrons. The van der Waals surface area contributed by atoms with Gasteiger partial charge in [-0.05, 0) is 30.7 Å². The van der Waals surface area contributed by atoms with Gasteiger partial charge < -0.3 is 5.32 Å². The smallest absolute Gasteiger partial charge is 0.0465 e. The number of rotatable bonds is 4. The Morgan fingerprint density at radius 3 is 2.11 bits per heavy atom. The standard InChI is InChI=1S/C15H14Cl3N/c1-10(11-5-2-3-6-13(11)16)19-9-12-14(17)7-4-8-15(12)18/h2-8,10,19H,9H2,1H3/t10-/m1/s1. The summed E-state index contributed by atoms with van der Waals surface area (Å²) in [6.45, 7) is 2.66. The molecule has 2 rings (SSSR count). The van der Waals surface area contributed by atoms with Gasteiger partial charge in [0.1, 0.15) is 0 Å². The molecular weight excluding hydrogens is 301 g/mol. The summed E-state index contributed by atoms with van der Waals surface area (Å²) in [5, 5.41) is 5.49. The zero-order chi connectivity index (χ0) is 13.8. The molecule has 2 aromatic carbocycles. The number of nitrogens with one attached hydrogen (secondary N) is 1. The number of hydrogen-bond donors (Lipinski definition) is 1. The van der Waals surface area contributed by atoms with Crippen LogP contribution in [0.1, 0.15) is 24.1 Å². The number of benzene rings is 2. The zero-order valence-corrected chi connectivity index (χ0v) is 12.7. The quantitative estimate of drug-likeness (QED) is 0.786. The van der Waals surface area contributed by atoms with Crippen LogP contribution in [0.3, 0.4) is 0 Å². The summed E-state index contributed by atoms with van der Waals surface area (Å²) in [6, 6.07) is 13.4. The number of halogens is 3. The van der Waals surface area contributed by atoms with E-state index in [9.17, 15) is 0 Å². The molecule has 0 fully saturated rings. The summed E-state index contributed by atoms with van der Waals surface area (Å²) in [6.07, 6.45) is 0. The largest absolute Gasteiger partial charge is 0.306 e. The fourth-order valence-corrected chi connectivity index (χ4v) is 2.72. The van der Waals surface area contributed by atoms with Crippen LogP contribution in [0.4, 0.5) is 0 Å². The second-order valence-electron chi connectivity index (χ2n) is 4.32. The van der Waals surface area contributed by atoms with E-state index in [1.165, 1.54) is 0 Å². The summed E-state index contributed by atoms with van der Waals surface area (Å²) in [5.41, 5.74) is 1.97. The molecule has 4 heteroatoms. The Morgan fingerprint density at radius 2 is 1.47 bits per heavy atom. The monoisotopic (exact) mass is 313 g/mol. The van der Waals surface area contributed by atoms with E-state index in [1.807, 2.05) is 42.5 Å². The molecule has 0 unspecified atom stereocenters. The van der Waals surface area contributed by atoms with E-state index < -0.39 is 0 Å². The van der Waals surface area contributed by atoms with E-state index in [0.29, 0.717) is 16.6 Å². The van der Waals surface area contributed by atoms with Crippen molar-refractivity contribution in [1.82, 2.24) is 5.32 Å². The van der Waals surface area contributed by atoms with Crippen LogP contribution in [0.25, 0.3) is 0 Å². The van der Waals surface area contributed by atoms with Gasteiger partial charge in [0.15, 0.2) is 0 Å². The molecule has 0 aliphatic heterocycles. The Bertz CT molecular complexity index is 549. The summed E-state index contributed by atoms with van der Waals surface area (Å²) >= 11 is 18.5. The fourth-order valence-electron chi connectivity index (χ4n) is 1.89. The highest BCUT2D eigenvalue weighted by Gasteiger charge is 2.11. The highest BCUT2D eigenvalue weighted by Crippen LogP contribution is 2.26. The van der Waals surface area contributed by atoms with Crippen molar-refractivity contribution in [2.45, 2.75) is 19.5 Å². The van der Waals surface area contributed by atoms with E-state index >= 15 is 0 Å². The maximum absolute atomic E-state index is 6.17. The predicted molar refractivity (Wildman–Crippen MR) is 83.2 cm³/mol. The molecule has 0 aliphatic rings. The van der Waals surface area contributed by atoms with Crippen molar-refractivity contribution in [3.8, 4) is 0 Å². The molecule has 0 aliphatic carbocycles. The van der Waals surface area contributed by atoms with E-state index in [1.54, 1.807) is 0 Å². The summed E-state index contributed by atoms with van der Waals surface area (Å²) in [5.74, 6) is 0. The van der Waals surface area contributed by atoms with Gasteiger partial charge >= 0.3 is 0 Å². The first-order valence-corrected chi connectivity index (χ1v) is 7.13. The van der Waals surface area contributed by atoms with Crippen LogP contribution in [0.5, 0.6) is 0 Å². The maximum atomic E-state index is 6.17. The van der Waals surface area contributed by atoms with Crippen molar-refractivity contribution < 1.29 is 0 Å². The molecule has 2 aromatic rings. The molecule has 1 nitrogen and oxygen atoms in total. The minimum atomic E-state index is 0.126. The van der Waals surface area contributed by atoms with Crippen molar-refractivity contribution in [2.24, 2.45) is 0 Å². The SMILES string of the molecule is C[C@@H](NCc1c(Cl)cccc1Cl)c1ccccc1Cl. The molecular formula is C15H14Cl3N. The second kappa shape index (κ2) is 6.62. The summed E-state index contributed by atoms with van der Waals surface area (Å²) < 4.78 is 0. The van der Waals surface area contributed by atoms with Gasteiger partial charge in [-0.2, -0.15) is 0 Å². The lowest BCUT2D eigenvalue weighted by atomic mass is 10.1. The third-order valence-corrected chi connectivity index (χ3v) is 4.07. The Hall–Kier alpha value is -0.730. The Kier molecular flexibility index (Phi) is 5.12. The molecule has 0 saturated heterocycles. The Morgan fingerprint density at radius 1 is 0.895 bits per heavy atom. The lowest BCUT2D eigenvalue weighted by Gasteiger charge is -2.16. The Labute approximate surface area is 128 Å². The van der Waals surface area contributed by atoms with Crippen LogP contribution >= 0.6 is 34.8 Å². The Balaban J connectivity index is 2.09. The van der Waals surface area contributed by atoms with Gasteiger partial charge in [-0.15, -0.1) is 0 Å². The lowest BCUT2D eigenvalue weighted by Crippen LogP contribution is -2.18. The molecule has 19 heavy (non-hydrogen) atoms. The highest BCUT2D eigenvalue weighted by atomic mass is 35.5. The van der Waals surface area contributed by atoms with E-state index in [2.05, 4.69) is 12.2 Å². The molecule has 100 valence electrons. The van der Waals surface area contributed by atoms with Crippen molar-refractivity contribution >= 4 is 34.8 Å². The molecule has 0 aromatic heterocycles. The van der Waals surface area contributed by atoms with Gasteiger partial charge in [-0.3, -0.25) is 0 Å². The molecule has 0 heterocycles. The van der Waals surface area contributed by atoms with Gasteiger partial charge in [0.05, 0.1) is 0 Å². The maximum Gasteiger partial charge on any atom is 0.0465 e. The van der Waals surface area contributed by atoms with Gasteiger partial charge in [0.25, 0.3) is 0 Å². The topological polar surface area (TPSA) is 12.0 Å². The van der Waals surface area contributed by atoms with Crippen molar-refractivity contribution in [2.75, 3.05) is 0 Å². The third-order valence-electron chi connectivity index (χ3n) is 3.02. The minimum Gasteiger partial charge on any atom is -0.306 e. The van der Waals surface area contributed by atoms with Gasteiger partial charge in [-0.1, -0.05) is 59.1 Å². The summed E-state index contributed by atoms with van der Waals surface area (Å²) in [7, 11) is 0. The molecule has 0 amide bonds. The van der Waals surface area contributed by atoms with E-state index in [4.69, 9.17) is 34.8 Å². The molecule has 0 spiro atoms. The summed E-state index contributed by atoms with van der Waals surface area (Å²) in [4.78, 5) is 0. The van der Waals surface area contributed by atoms with Crippen LogP contribution in [0, 0.1) is 0 Å². The van der Waals surface area contributed by atoms with Gasteiger partial charge in [0.2, 0.25) is 0 Å². The van der Waals surface area contributed by atoms with Crippen LogP contribution in [0.15, 0.2) is 42.5 Å². The first-order valence-electron chi connectivity index (χ1n) is 6.00. The highest BCUT2D eigenvalue weighted by molar-refractivity contribution is 6.36. The second-order valence-corrected chi connectivity index (χ2v) is 5.55. The average molecular weight is 315 g/mol. The molecule has 1 atom stereocenters. The van der Waals surface area contributed by atoms with E-state index in [0.717, 1.165) is 16.1 Å². The first-order chi connectivity index (χ1) is 9.09. The molecule has 0 saturated carbocycles. The third kappa shape index (κ3) is 3.64. The molecule has 0 bridgehead atoms. The van der Waals surface area contributed by atoms with Gasteiger partial charge in [0, 0.05) is 33.2 Å². The number of hydrogen-bond acceptors (Lipinski definition) is 1. The normalized spacial score (nSPS) is 12.4. The van der Waals surface area contributed by atoms with Crippen LogP contribution in [0.2, 0.25) is 15.1 Å². The van der Waals surface area contributed by atoms with Crippen LogP contribution in [-0.2, 0) is 6.54 Å². The zero-order valence-electron chi connectivity index (χ0n) is 10.5. The van der Waals surface area contributed by atoms with Crippen molar-refractivity contribution in [1.29, 1.82) is 0 Å². The predicted octanol–water partition coefficient (Wildman–Crippen LogP) is 5.50. The van der Waals surface area contributed by atoms with Crippen LogP contribution in [-0.4, -0.2) is 0 Å². The van der Waals surface area contributed by atoms with Crippen molar-refractivity contribution in [3.05, 3.63) is 68.7 Å². The van der Waals surface area contributed by atoms with E-state index in [-0.39, 0.29) is 6.04 Å². The van der Waals surface area contributed by atoms with Crippen LogP contribution < -0.4 is 5.32 Å². The van der Waals surface area contributed by atoms with Crippen molar-refractivity contribution in [3.63, 3.8) is 0 Å². The fraction of sp³-hybridized carbons (Fsp3) is 0.200.